The number of rotatable bonds is 4. The minimum atomic E-state index is -0.562. The average molecular weight is 539 g/mol. The number of carbonyl (C=O) groups is 2. The van der Waals surface area contributed by atoms with E-state index < -0.39 is 11.4 Å². The highest BCUT2D eigenvalue weighted by Crippen LogP contribution is 2.82. The van der Waals surface area contributed by atoms with E-state index in [2.05, 4.69) is 66.4 Å². The first-order valence-electron chi connectivity index (χ1n) is 7.98. The van der Waals surface area contributed by atoms with Crippen LogP contribution >= 0.6 is 47.8 Å². The monoisotopic (exact) mass is 536 g/mol. The molecule has 3 atom stereocenters. The van der Waals surface area contributed by atoms with Crippen molar-refractivity contribution in [3.63, 3.8) is 0 Å². The van der Waals surface area contributed by atoms with Gasteiger partial charge in [-0.15, -0.1) is 0 Å². The second-order valence-electron chi connectivity index (χ2n) is 7.21. The van der Waals surface area contributed by atoms with Gasteiger partial charge in [0.15, 0.2) is 0 Å². The number of hydrogen-bond donors (Lipinski definition) is 0. The number of halogens is 3. The van der Waals surface area contributed by atoms with Crippen LogP contribution in [0, 0.1) is 16.2 Å². The van der Waals surface area contributed by atoms with Gasteiger partial charge in [0, 0.05) is 10.2 Å². The molecule has 136 valence electrons. The maximum Gasteiger partial charge on any atom is 0.337 e. The Morgan fingerprint density at radius 2 is 1.76 bits per heavy atom. The molecular formula is C18H19Br3O4. The largest absolute Gasteiger partial charge is 0.465 e. The topological polar surface area (TPSA) is 52.6 Å². The third kappa shape index (κ3) is 2.34. The summed E-state index contributed by atoms with van der Waals surface area (Å²) in [5.74, 6) is -0.210. The fourth-order valence-electron chi connectivity index (χ4n) is 4.62. The lowest BCUT2D eigenvalue weighted by atomic mass is 9.43. The van der Waals surface area contributed by atoms with Gasteiger partial charge in [-0.2, -0.15) is 0 Å². The van der Waals surface area contributed by atoms with Crippen molar-refractivity contribution >= 4 is 59.7 Å². The van der Waals surface area contributed by atoms with Crippen LogP contribution in [-0.4, -0.2) is 27.6 Å². The lowest BCUT2D eigenvalue weighted by Crippen LogP contribution is -2.71. The van der Waals surface area contributed by atoms with E-state index in [9.17, 15) is 9.59 Å². The Labute approximate surface area is 172 Å². The van der Waals surface area contributed by atoms with Crippen LogP contribution in [0.2, 0.25) is 0 Å². The normalized spacial score (nSPS) is 32.2. The Hall–Kier alpha value is -0.400. The Morgan fingerprint density at radius 1 is 1.16 bits per heavy atom. The average Bonchev–Trinajstić information content (AvgIpc) is 3.04. The summed E-state index contributed by atoms with van der Waals surface area (Å²) in [6.45, 7) is 4.27. The quantitative estimate of drug-likeness (QED) is 0.305. The molecule has 0 saturated heterocycles. The molecule has 3 aliphatic carbocycles. The van der Waals surface area contributed by atoms with Crippen molar-refractivity contribution < 1.29 is 19.1 Å². The molecule has 3 saturated carbocycles. The lowest BCUT2D eigenvalue weighted by molar-refractivity contribution is -0.176. The SMILES string of the molecule is COC(=O)c1ccc(OC(=O)C23CCC(C(Br)Br)(C2Br)C3(C)C)cc1. The van der Waals surface area contributed by atoms with Gasteiger partial charge in [0.2, 0.25) is 0 Å². The van der Waals surface area contributed by atoms with Crippen LogP contribution in [0.15, 0.2) is 24.3 Å². The molecule has 0 aliphatic heterocycles. The first kappa shape index (κ1) is 19.4. The number of esters is 2. The number of carbonyl (C=O) groups excluding carboxylic acids is 2. The molecule has 3 aliphatic rings. The molecule has 0 spiro atoms. The number of fused-ring (bicyclic) bond motifs is 1. The molecule has 2 bridgehead atoms. The van der Waals surface area contributed by atoms with Gasteiger partial charge in [-0.25, -0.2) is 4.79 Å². The van der Waals surface area contributed by atoms with E-state index in [-0.39, 0.29) is 25.4 Å². The fraction of sp³-hybridized carbons (Fsp3) is 0.556. The van der Waals surface area contributed by atoms with Crippen molar-refractivity contribution in [1.29, 1.82) is 0 Å². The predicted molar refractivity (Wildman–Crippen MR) is 106 cm³/mol. The van der Waals surface area contributed by atoms with Crippen LogP contribution in [-0.2, 0) is 9.53 Å². The van der Waals surface area contributed by atoms with Crippen molar-refractivity contribution in [2.45, 2.75) is 35.3 Å². The highest BCUT2D eigenvalue weighted by atomic mass is 79.9. The molecule has 0 aromatic heterocycles. The van der Waals surface area contributed by atoms with E-state index in [0.717, 1.165) is 12.8 Å². The van der Waals surface area contributed by atoms with E-state index in [0.29, 0.717) is 11.3 Å². The van der Waals surface area contributed by atoms with Crippen LogP contribution in [0.5, 0.6) is 5.75 Å². The summed E-state index contributed by atoms with van der Waals surface area (Å²) in [7, 11) is 1.33. The van der Waals surface area contributed by atoms with E-state index in [1.807, 2.05) is 0 Å². The maximum absolute atomic E-state index is 13.1. The van der Waals surface area contributed by atoms with E-state index in [1.165, 1.54) is 7.11 Å². The van der Waals surface area contributed by atoms with Crippen LogP contribution in [0.25, 0.3) is 0 Å². The zero-order chi connectivity index (χ0) is 18.6. The van der Waals surface area contributed by atoms with Crippen molar-refractivity contribution in [2.75, 3.05) is 7.11 Å². The van der Waals surface area contributed by atoms with E-state index >= 15 is 0 Å². The Kier molecular flexibility index (Phi) is 4.91. The van der Waals surface area contributed by atoms with Gasteiger partial charge >= 0.3 is 11.9 Å². The summed E-state index contributed by atoms with van der Waals surface area (Å²) >= 11 is 11.1. The molecule has 0 radical (unpaired) electrons. The van der Waals surface area contributed by atoms with Gasteiger partial charge in [-0.05, 0) is 42.5 Å². The van der Waals surface area contributed by atoms with Crippen LogP contribution in [0.3, 0.4) is 0 Å². The number of hydrogen-bond acceptors (Lipinski definition) is 4. The minimum absolute atomic E-state index is 0.0353. The summed E-state index contributed by atoms with van der Waals surface area (Å²) in [4.78, 5) is 24.6. The van der Waals surface area contributed by atoms with Gasteiger partial charge in [0.05, 0.1) is 21.8 Å². The van der Waals surface area contributed by atoms with Crippen LogP contribution < -0.4 is 4.74 Å². The van der Waals surface area contributed by atoms with Crippen LogP contribution in [0.1, 0.15) is 37.0 Å². The van der Waals surface area contributed by atoms with Gasteiger partial charge in [-0.1, -0.05) is 61.6 Å². The molecule has 1 aromatic carbocycles. The molecular weight excluding hydrogens is 520 g/mol. The summed E-state index contributed by atoms with van der Waals surface area (Å²) in [5.41, 5.74) is -0.396. The van der Waals surface area contributed by atoms with E-state index in [4.69, 9.17) is 4.74 Å². The zero-order valence-electron chi connectivity index (χ0n) is 14.1. The highest BCUT2D eigenvalue weighted by Gasteiger charge is 2.84. The molecule has 0 heterocycles. The second kappa shape index (κ2) is 6.34. The highest BCUT2D eigenvalue weighted by molar-refractivity contribution is 9.24. The Bertz CT molecular complexity index is 716. The molecule has 0 amide bonds. The van der Waals surface area contributed by atoms with Gasteiger partial charge < -0.3 is 9.47 Å². The smallest absolute Gasteiger partial charge is 0.337 e. The summed E-state index contributed by atoms with van der Waals surface area (Å²) in [5, 5.41) is 0. The van der Waals surface area contributed by atoms with E-state index in [1.54, 1.807) is 24.3 Å². The standard InChI is InChI=1S/C18H19Br3O4/c1-16(2)17(14(20)21)8-9-18(16,13(17)19)15(23)25-11-6-4-10(5-7-11)12(22)24-3/h4-7,13-14H,8-9H2,1-3H3. The minimum Gasteiger partial charge on any atom is -0.465 e. The molecule has 1 aromatic rings. The number of benzene rings is 1. The van der Waals surface area contributed by atoms with Gasteiger partial charge in [0.1, 0.15) is 5.75 Å². The Morgan fingerprint density at radius 3 is 2.20 bits per heavy atom. The van der Waals surface area contributed by atoms with Gasteiger partial charge in [0.25, 0.3) is 0 Å². The first-order valence-corrected chi connectivity index (χ1v) is 10.7. The summed E-state index contributed by atoms with van der Waals surface area (Å²) in [6, 6.07) is 6.43. The van der Waals surface area contributed by atoms with Crippen molar-refractivity contribution in [3.05, 3.63) is 29.8 Å². The molecule has 3 unspecified atom stereocenters. The van der Waals surface area contributed by atoms with Crippen LogP contribution in [0.4, 0.5) is 0 Å². The maximum atomic E-state index is 13.1. The van der Waals surface area contributed by atoms with Gasteiger partial charge in [-0.3, -0.25) is 4.79 Å². The molecule has 3 fully saturated rings. The Balaban J connectivity index is 1.82. The van der Waals surface area contributed by atoms with Crippen molar-refractivity contribution in [3.8, 4) is 5.75 Å². The third-order valence-electron chi connectivity index (χ3n) is 6.34. The lowest BCUT2D eigenvalue weighted by Gasteiger charge is -2.65. The molecule has 4 nitrogen and oxygen atoms in total. The molecule has 25 heavy (non-hydrogen) atoms. The number of alkyl halides is 3. The summed E-state index contributed by atoms with van der Waals surface area (Å²) < 4.78 is 10.5. The van der Waals surface area contributed by atoms with Crippen molar-refractivity contribution in [1.82, 2.24) is 0 Å². The second-order valence-corrected chi connectivity index (χ2v) is 11.2. The molecule has 7 heteroatoms. The molecule has 4 rings (SSSR count). The fourth-order valence-corrected chi connectivity index (χ4v) is 9.52. The number of ether oxygens (including phenoxy) is 2. The predicted octanol–water partition coefficient (Wildman–Crippen LogP) is 5.06. The third-order valence-corrected chi connectivity index (χ3v) is 9.57. The number of methoxy groups -OCH3 is 1. The summed E-state index contributed by atoms with van der Waals surface area (Å²) in [6.07, 6.45) is 1.72. The molecule has 0 N–H and O–H groups in total. The van der Waals surface area contributed by atoms with Crippen molar-refractivity contribution in [2.24, 2.45) is 16.2 Å². The zero-order valence-corrected chi connectivity index (χ0v) is 18.9. The first-order chi connectivity index (χ1) is 11.6.